The van der Waals surface area contributed by atoms with Crippen LogP contribution >= 0.6 is 0 Å². The molecule has 1 heterocycles. The van der Waals surface area contributed by atoms with Crippen molar-refractivity contribution in [1.29, 1.82) is 0 Å². The molecule has 0 amide bonds. The monoisotopic (exact) mass is 428 g/mol. The van der Waals surface area contributed by atoms with Gasteiger partial charge in [-0.05, 0) is 80.7 Å². The molecular formula is C26H34F2N2O. The van der Waals surface area contributed by atoms with Gasteiger partial charge >= 0.3 is 6.11 Å². The summed E-state index contributed by atoms with van der Waals surface area (Å²) >= 11 is 0. The minimum atomic E-state index is -3.18. The minimum absolute atomic E-state index is 0.179. The standard InChI is InChI=1S/C26H34F2N2O/c1-21-9-7-10-23(22(21)2)11-8-18-30(20-19-29-16-5-4-6-17-29)24-12-14-25(15-13-24)31-26(3,27)28/h7-15H,4-6,16-20H2,1-3H3/b11-8-. The third-order valence-corrected chi connectivity index (χ3v) is 5.90. The zero-order valence-corrected chi connectivity index (χ0v) is 18.9. The Hall–Kier alpha value is -2.40. The van der Waals surface area contributed by atoms with E-state index in [2.05, 4.69) is 58.7 Å². The van der Waals surface area contributed by atoms with Crippen LogP contribution in [0.2, 0.25) is 0 Å². The number of piperidine rings is 1. The van der Waals surface area contributed by atoms with Gasteiger partial charge in [-0.3, -0.25) is 0 Å². The Labute approximate surface area is 185 Å². The lowest BCUT2D eigenvalue weighted by atomic mass is 10.0. The molecule has 1 aliphatic heterocycles. The van der Waals surface area contributed by atoms with Crippen molar-refractivity contribution in [3.8, 4) is 5.75 Å². The number of alkyl halides is 2. The number of rotatable bonds is 9. The third kappa shape index (κ3) is 7.35. The molecule has 0 N–H and O–H groups in total. The highest BCUT2D eigenvalue weighted by molar-refractivity contribution is 5.57. The van der Waals surface area contributed by atoms with Crippen molar-refractivity contribution < 1.29 is 13.5 Å². The summed E-state index contributed by atoms with van der Waals surface area (Å²) in [5.41, 5.74) is 4.81. The van der Waals surface area contributed by atoms with Crippen molar-refractivity contribution in [3.05, 3.63) is 65.2 Å². The average molecular weight is 429 g/mol. The first kappa shape index (κ1) is 23.3. The van der Waals surface area contributed by atoms with E-state index < -0.39 is 6.11 Å². The SMILES string of the molecule is Cc1cccc(/C=C\CN(CCN2CCCCC2)c2ccc(OC(C)(F)F)cc2)c1C. The quantitative estimate of drug-likeness (QED) is 0.466. The molecule has 0 aliphatic carbocycles. The van der Waals surface area contributed by atoms with Crippen LogP contribution in [0.5, 0.6) is 5.75 Å². The molecule has 168 valence electrons. The maximum Gasteiger partial charge on any atom is 0.394 e. The number of nitrogens with zero attached hydrogens (tertiary/aromatic N) is 2. The maximum absolute atomic E-state index is 13.1. The molecule has 2 aromatic carbocycles. The molecule has 2 aromatic rings. The maximum atomic E-state index is 13.1. The fourth-order valence-corrected chi connectivity index (χ4v) is 3.96. The van der Waals surface area contributed by atoms with Crippen LogP contribution in [0.25, 0.3) is 6.08 Å². The van der Waals surface area contributed by atoms with Crippen molar-refractivity contribution in [2.75, 3.05) is 37.6 Å². The van der Waals surface area contributed by atoms with Crippen LogP contribution < -0.4 is 9.64 Å². The molecule has 3 nitrogen and oxygen atoms in total. The van der Waals surface area contributed by atoms with E-state index in [0.717, 1.165) is 45.3 Å². The molecule has 0 radical (unpaired) electrons. The Morgan fingerprint density at radius 1 is 1.03 bits per heavy atom. The topological polar surface area (TPSA) is 15.7 Å². The predicted molar refractivity (Wildman–Crippen MR) is 125 cm³/mol. The number of ether oxygens (including phenoxy) is 1. The second-order valence-electron chi connectivity index (χ2n) is 8.44. The molecule has 1 saturated heterocycles. The molecule has 1 aliphatic rings. The van der Waals surface area contributed by atoms with Crippen molar-refractivity contribution in [2.24, 2.45) is 0 Å². The first-order valence-electron chi connectivity index (χ1n) is 11.2. The smallest absolute Gasteiger partial charge is 0.394 e. The van der Waals surface area contributed by atoms with Crippen LogP contribution in [0.4, 0.5) is 14.5 Å². The highest BCUT2D eigenvalue weighted by Gasteiger charge is 2.23. The molecule has 0 atom stereocenters. The van der Waals surface area contributed by atoms with Crippen molar-refractivity contribution in [2.45, 2.75) is 46.1 Å². The number of benzene rings is 2. The van der Waals surface area contributed by atoms with E-state index >= 15 is 0 Å². The number of aryl methyl sites for hydroxylation is 1. The van der Waals surface area contributed by atoms with Crippen molar-refractivity contribution in [3.63, 3.8) is 0 Å². The second-order valence-corrected chi connectivity index (χ2v) is 8.44. The summed E-state index contributed by atoms with van der Waals surface area (Å²) in [6, 6.07) is 13.3. The Morgan fingerprint density at radius 2 is 1.74 bits per heavy atom. The van der Waals surface area contributed by atoms with Gasteiger partial charge in [-0.15, -0.1) is 0 Å². The zero-order chi connectivity index (χ0) is 22.3. The van der Waals surface area contributed by atoms with Gasteiger partial charge in [0.2, 0.25) is 0 Å². The number of hydrogen-bond acceptors (Lipinski definition) is 3. The predicted octanol–water partition coefficient (Wildman–Crippen LogP) is 6.30. The van der Waals surface area contributed by atoms with E-state index in [9.17, 15) is 8.78 Å². The summed E-state index contributed by atoms with van der Waals surface area (Å²) in [5.74, 6) is 0.179. The van der Waals surface area contributed by atoms with Crippen LogP contribution in [0, 0.1) is 13.8 Å². The fraction of sp³-hybridized carbons (Fsp3) is 0.462. The molecule has 3 rings (SSSR count). The van der Waals surface area contributed by atoms with E-state index in [1.807, 2.05) is 12.1 Å². The van der Waals surface area contributed by atoms with Crippen LogP contribution in [0.15, 0.2) is 48.5 Å². The minimum Gasteiger partial charge on any atom is -0.433 e. The number of hydrogen-bond donors (Lipinski definition) is 0. The highest BCUT2D eigenvalue weighted by Crippen LogP contribution is 2.25. The van der Waals surface area contributed by atoms with Gasteiger partial charge in [0.25, 0.3) is 0 Å². The lowest BCUT2D eigenvalue weighted by Crippen LogP contribution is -2.38. The molecule has 1 fully saturated rings. The Bertz CT molecular complexity index is 853. The number of likely N-dealkylation sites (tertiary alicyclic amines) is 1. The van der Waals surface area contributed by atoms with Crippen LogP contribution in [-0.4, -0.2) is 43.7 Å². The molecule has 5 heteroatoms. The lowest BCUT2D eigenvalue weighted by molar-refractivity contribution is -0.158. The Morgan fingerprint density at radius 3 is 2.42 bits per heavy atom. The van der Waals surface area contributed by atoms with E-state index in [0.29, 0.717) is 0 Å². The van der Waals surface area contributed by atoms with Gasteiger partial charge in [0, 0.05) is 32.2 Å². The Balaban J connectivity index is 1.70. The number of anilines is 1. The summed E-state index contributed by atoms with van der Waals surface area (Å²) in [6.07, 6.45) is 5.04. The molecular weight excluding hydrogens is 394 g/mol. The third-order valence-electron chi connectivity index (χ3n) is 5.90. The van der Waals surface area contributed by atoms with Gasteiger partial charge in [-0.2, -0.15) is 8.78 Å². The van der Waals surface area contributed by atoms with Crippen LogP contribution in [0.3, 0.4) is 0 Å². The summed E-state index contributed by atoms with van der Waals surface area (Å²) in [4.78, 5) is 4.81. The van der Waals surface area contributed by atoms with Gasteiger partial charge < -0.3 is 14.5 Å². The van der Waals surface area contributed by atoms with Gasteiger partial charge in [0.05, 0.1) is 0 Å². The molecule has 0 spiro atoms. The molecule has 0 saturated carbocycles. The van der Waals surface area contributed by atoms with Gasteiger partial charge in [0.15, 0.2) is 0 Å². The normalized spacial score (nSPS) is 15.4. The average Bonchev–Trinajstić information content (AvgIpc) is 2.74. The van der Waals surface area contributed by atoms with Crippen LogP contribution in [-0.2, 0) is 0 Å². The first-order valence-corrected chi connectivity index (χ1v) is 11.2. The van der Waals surface area contributed by atoms with Crippen molar-refractivity contribution >= 4 is 11.8 Å². The highest BCUT2D eigenvalue weighted by atomic mass is 19.3. The largest absolute Gasteiger partial charge is 0.433 e. The van der Waals surface area contributed by atoms with E-state index in [1.165, 1.54) is 36.0 Å². The summed E-state index contributed by atoms with van der Waals surface area (Å²) in [5, 5.41) is 0. The fourth-order valence-electron chi connectivity index (χ4n) is 3.96. The van der Waals surface area contributed by atoms with E-state index in [1.54, 1.807) is 12.1 Å². The molecule has 0 aromatic heterocycles. The van der Waals surface area contributed by atoms with Crippen molar-refractivity contribution in [1.82, 2.24) is 4.90 Å². The zero-order valence-electron chi connectivity index (χ0n) is 18.9. The summed E-state index contributed by atoms with van der Waals surface area (Å²) in [7, 11) is 0. The molecule has 0 bridgehead atoms. The first-order chi connectivity index (χ1) is 14.8. The van der Waals surface area contributed by atoms with Gasteiger partial charge in [-0.25, -0.2) is 0 Å². The van der Waals surface area contributed by atoms with E-state index in [4.69, 9.17) is 0 Å². The van der Waals surface area contributed by atoms with Crippen LogP contribution in [0.1, 0.15) is 42.9 Å². The van der Waals surface area contributed by atoms with Gasteiger partial charge in [-0.1, -0.05) is 36.8 Å². The Kier molecular flexibility index (Phi) is 8.08. The summed E-state index contributed by atoms with van der Waals surface area (Å²) < 4.78 is 31.0. The summed E-state index contributed by atoms with van der Waals surface area (Å²) in [6.45, 7) is 9.99. The van der Waals surface area contributed by atoms with E-state index in [-0.39, 0.29) is 5.75 Å². The molecule has 0 unspecified atom stereocenters. The second kappa shape index (κ2) is 10.8. The molecule has 31 heavy (non-hydrogen) atoms. The number of halogens is 2. The van der Waals surface area contributed by atoms with Gasteiger partial charge in [0.1, 0.15) is 5.75 Å². The lowest BCUT2D eigenvalue weighted by Gasteiger charge is -2.31.